The molecular weight excluding hydrogens is 820 g/mol. The maximum Gasteiger partial charge on any atom is 0.333 e. The van der Waals surface area contributed by atoms with Gasteiger partial charge in [0.05, 0.1) is 5.69 Å². The van der Waals surface area contributed by atoms with Gasteiger partial charge in [-0.1, -0.05) is 189 Å². The smallest absolute Gasteiger partial charge is 0.333 e. The summed E-state index contributed by atoms with van der Waals surface area (Å²) < 4.78 is 0. The van der Waals surface area contributed by atoms with Gasteiger partial charge in [0.25, 0.3) is 0 Å². The molecule has 11 rings (SSSR count). The second-order valence-electron chi connectivity index (χ2n) is 25.7. The Morgan fingerprint density at radius 2 is 0.985 bits per heavy atom. The molecule has 3 heteroatoms. The van der Waals surface area contributed by atoms with Gasteiger partial charge in [-0.05, 0) is 161 Å². The average molecular weight is 891 g/mol. The number of benzene rings is 7. The summed E-state index contributed by atoms with van der Waals surface area (Å²) in [5.41, 5.74) is 26.6. The summed E-state index contributed by atoms with van der Waals surface area (Å²) in [5, 5.41) is 0. The van der Waals surface area contributed by atoms with E-state index in [1.54, 1.807) is 0 Å². The van der Waals surface area contributed by atoms with Crippen LogP contribution in [0.25, 0.3) is 33.4 Å². The molecule has 0 amide bonds. The van der Waals surface area contributed by atoms with Gasteiger partial charge in [0.1, 0.15) is 0 Å². The second kappa shape index (κ2) is 14.6. The Bertz CT molecular complexity index is 3200. The van der Waals surface area contributed by atoms with Gasteiger partial charge in [0, 0.05) is 39.3 Å². The number of hydrogen-bond donors (Lipinski definition) is 0. The van der Waals surface area contributed by atoms with Crippen molar-refractivity contribution >= 4 is 46.2 Å². The standard InChI is InChI=1S/C65H71BN2/c1-60(2,3)41-25-28-44(29-26-41)68-55-39-52-51(63(10,11)33-34-64(52,12)13)38-47(55)48-36-43(62(7,8)9)37-56-58(48)66(68)59-54(32-30-50-57(59)45-23-19-20-24-49(45)65(50,14)15)67(56)53-31-27-42(61(4,5)6)35-46(53)40-21-17-16-18-22-40/h16-32,35-39H,33-34H2,1-15H3. The van der Waals surface area contributed by atoms with E-state index in [2.05, 4.69) is 247 Å². The van der Waals surface area contributed by atoms with Crippen LogP contribution in [0.2, 0.25) is 0 Å². The van der Waals surface area contributed by atoms with Crippen molar-refractivity contribution < 1.29 is 0 Å². The minimum Gasteiger partial charge on any atom is -0.376 e. The van der Waals surface area contributed by atoms with Crippen LogP contribution in [0, 0.1) is 0 Å². The van der Waals surface area contributed by atoms with E-state index in [1.807, 2.05) is 0 Å². The quantitative estimate of drug-likeness (QED) is 0.163. The van der Waals surface area contributed by atoms with E-state index in [1.165, 1.54) is 125 Å². The van der Waals surface area contributed by atoms with Crippen molar-refractivity contribution in [1.82, 2.24) is 0 Å². The Morgan fingerprint density at radius 3 is 1.63 bits per heavy atom. The molecule has 7 aromatic carbocycles. The predicted molar refractivity (Wildman–Crippen MR) is 295 cm³/mol. The molecule has 2 nitrogen and oxygen atoms in total. The Kier molecular flexibility index (Phi) is 9.61. The zero-order valence-electron chi connectivity index (χ0n) is 43.6. The van der Waals surface area contributed by atoms with Crippen LogP contribution in [0.3, 0.4) is 0 Å². The summed E-state index contributed by atoms with van der Waals surface area (Å²) in [6.45, 7) is 35.9. The zero-order chi connectivity index (χ0) is 48.2. The highest BCUT2D eigenvalue weighted by molar-refractivity contribution is 6.94. The summed E-state index contributed by atoms with van der Waals surface area (Å²) in [4.78, 5) is 5.48. The number of hydrogen-bond acceptors (Lipinski definition) is 2. The summed E-state index contributed by atoms with van der Waals surface area (Å²) in [6, 6.07) is 52.8. The Hall–Kier alpha value is -5.80. The van der Waals surface area contributed by atoms with Crippen molar-refractivity contribution in [3.8, 4) is 33.4 Å². The zero-order valence-corrected chi connectivity index (χ0v) is 43.6. The molecule has 4 aliphatic rings. The first-order valence-electron chi connectivity index (χ1n) is 25.4. The Labute approximate surface area is 409 Å². The molecule has 68 heavy (non-hydrogen) atoms. The van der Waals surface area contributed by atoms with E-state index < -0.39 is 0 Å². The molecule has 344 valence electrons. The lowest BCUT2D eigenvalue weighted by atomic mass is 9.42. The van der Waals surface area contributed by atoms with E-state index in [0.29, 0.717) is 0 Å². The molecular formula is C65H71BN2. The third-order valence-corrected chi connectivity index (χ3v) is 16.8. The fourth-order valence-electron chi connectivity index (χ4n) is 12.5. The minimum atomic E-state index is -0.172. The fraction of sp³-hybridized carbons (Fsp3) is 0.354. The molecule has 0 fully saturated rings. The van der Waals surface area contributed by atoms with E-state index in [0.717, 1.165) is 0 Å². The van der Waals surface area contributed by atoms with Crippen LogP contribution in [0.1, 0.15) is 156 Å². The van der Waals surface area contributed by atoms with Crippen LogP contribution in [-0.4, -0.2) is 6.85 Å². The third-order valence-electron chi connectivity index (χ3n) is 16.8. The molecule has 0 saturated heterocycles. The lowest BCUT2D eigenvalue weighted by Crippen LogP contribution is -2.62. The van der Waals surface area contributed by atoms with Gasteiger partial charge in [-0.2, -0.15) is 0 Å². The highest BCUT2D eigenvalue weighted by atomic mass is 15.2. The van der Waals surface area contributed by atoms with E-state index in [9.17, 15) is 0 Å². The van der Waals surface area contributed by atoms with E-state index >= 15 is 0 Å². The van der Waals surface area contributed by atoms with E-state index in [4.69, 9.17) is 0 Å². The molecule has 0 spiro atoms. The molecule has 7 aromatic rings. The SMILES string of the molecule is CC(C)(C)c1ccc(N2B3c4c(cc(C(C)(C)C)cc4N(c4ccc(C(C)(C)C)cc4-c4ccccc4)c4ccc5c(c43)-c3ccccc3C5(C)C)-c3cc4c(cc32)C(C)(C)CCC4(C)C)cc1. The molecule has 0 radical (unpaired) electrons. The maximum atomic E-state index is 2.79. The lowest BCUT2D eigenvalue weighted by Gasteiger charge is -2.49. The predicted octanol–water partition coefficient (Wildman–Crippen LogP) is 16.6. The van der Waals surface area contributed by atoms with Crippen LogP contribution < -0.4 is 20.6 Å². The van der Waals surface area contributed by atoms with Crippen molar-refractivity contribution in [2.45, 2.75) is 149 Å². The van der Waals surface area contributed by atoms with Crippen LogP contribution in [0.4, 0.5) is 28.4 Å². The second-order valence-corrected chi connectivity index (χ2v) is 25.7. The molecule has 2 aliphatic heterocycles. The first kappa shape index (κ1) is 44.7. The van der Waals surface area contributed by atoms with Gasteiger partial charge in [-0.3, -0.25) is 0 Å². The van der Waals surface area contributed by atoms with Gasteiger partial charge in [-0.25, -0.2) is 0 Å². The van der Waals surface area contributed by atoms with Crippen LogP contribution in [0.5, 0.6) is 0 Å². The molecule has 0 saturated carbocycles. The van der Waals surface area contributed by atoms with Gasteiger partial charge in [0.15, 0.2) is 0 Å². The maximum absolute atomic E-state index is 2.79. The molecule has 2 aliphatic carbocycles. The first-order valence-corrected chi connectivity index (χ1v) is 25.4. The Balaban J connectivity index is 1.34. The highest BCUT2D eigenvalue weighted by Gasteiger charge is 2.51. The molecule has 2 heterocycles. The van der Waals surface area contributed by atoms with Gasteiger partial charge >= 0.3 is 6.85 Å². The Morgan fingerprint density at radius 1 is 0.412 bits per heavy atom. The molecule has 0 bridgehead atoms. The number of anilines is 5. The summed E-state index contributed by atoms with van der Waals surface area (Å²) >= 11 is 0. The van der Waals surface area contributed by atoms with Crippen molar-refractivity contribution in [2.24, 2.45) is 0 Å². The van der Waals surface area contributed by atoms with Crippen LogP contribution in [-0.2, 0) is 32.5 Å². The van der Waals surface area contributed by atoms with Crippen molar-refractivity contribution in [3.05, 3.63) is 172 Å². The summed E-state index contributed by atoms with van der Waals surface area (Å²) in [5.74, 6) is 0. The summed E-state index contributed by atoms with van der Waals surface area (Å²) in [7, 11) is 0. The third kappa shape index (κ3) is 6.65. The molecule has 0 atom stereocenters. The number of fused-ring (bicyclic) bond motifs is 9. The highest BCUT2D eigenvalue weighted by Crippen LogP contribution is 2.57. The molecule has 0 aromatic heterocycles. The molecule has 0 N–H and O–H groups in total. The van der Waals surface area contributed by atoms with Crippen molar-refractivity contribution in [2.75, 3.05) is 9.71 Å². The fourth-order valence-corrected chi connectivity index (χ4v) is 12.5. The minimum absolute atomic E-state index is 0.0252. The monoisotopic (exact) mass is 891 g/mol. The number of rotatable bonds is 3. The van der Waals surface area contributed by atoms with Crippen molar-refractivity contribution in [3.63, 3.8) is 0 Å². The molecule has 0 unspecified atom stereocenters. The normalized spacial score (nSPS) is 17.2. The van der Waals surface area contributed by atoms with Crippen LogP contribution in [0.15, 0.2) is 133 Å². The summed E-state index contributed by atoms with van der Waals surface area (Å²) in [6.07, 6.45) is 2.33. The van der Waals surface area contributed by atoms with Crippen LogP contribution >= 0.6 is 0 Å². The van der Waals surface area contributed by atoms with Gasteiger partial charge in [-0.15, -0.1) is 0 Å². The van der Waals surface area contributed by atoms with Gasteiger partial charge < -0.3 is 9.71 Å². The van der Waals surface area contributed by atoms with E-state index in [-0.39, 0.29) is 39.3 Å². The lowest BCUT2D eigenvalue weighted by molar-refractivity contribution is 0.332. The number of nitrogens with zero attached hydrogens (tertiary/aromatic N) is 2. The van der Waals surface area contributed by atoms with Crippen molar-refractivity contribution in [1.29, 1.82) is 0 Å². The average Bonchev–Trinajstić information content (AvgIpc) is 3.52. The largest absolute Gasteiger partial charge is 0.376 e. The topological polar surface area (TPSA) is 6.48 Å². The first-order chi connectivity index (χ1) is 31.9. The van der Waals surface area contributed by atoms with Gasteiger partial charge in [0.2, 0.25) is 0 Å².